The number of benzene rings is 1. The molecule has 0 radical (unpaired) electrons. The molecule has 6 heteroatoms. The predicted molar refractivity (Wildman–Crippen MR) is 90.1 cm³/mol. The van der Waals surface area contributed by atoms with E-state index in [2.05, 4.69) is 16.0 Å². The Labute approximate surface area is 137 Å². The molecule has 126 valence electrons. The van der Waals surface area contributed by atoms with Gasteiger partial charge in [0.1, 0.15) is 0 Å². The lowest BCUT2D eigenvalue weighted by Crippen LogP contribution is -2.36. The Kier molecular flexibility index (Phi) is 7.25. The zero-order valence-corrected chi connectivity index (χ0v) is 14.1. The Morgan fingerprint density at radius 3 is 1.87 bits per heavy atom. The minimum Gasteiger partial charge on any atom is -0.354 e. The fourth-order valence-corrected chi connectivity index (χ4v) is 1.66. The Bertz CT molecular complexity index is 551. The normalized spacial score (nSPS) is 10.5. The van der Waals surface area contributed by atoms with Gasteiger partial charge < -0.3 is 16.0 Å². The lowest BCUT2D eigenvalue weighted by atomic mass is 10.1. The summed E-state index contributed by atoms with van der Waals surface area (Å²) in [6.45, 7) is 8.01. The van der Waals surface area contributed by atoms with Crippen LogP contribution in [0.15, 0.2) is 24.3 Å². The Morgan fingerprint density at radius 2 is 1.35 bits per heavy atom. The Hall–Kier alpha value is -2.37. The van der Waals surface area contributed by atoms with Crippen LogP contribution in [-0.4, -0.2) is 30.8 Å². The zero-order chi connectivity index (χ0) is 17.4. The number of hydrogen-bond donors (Lipinski definition) is 3. The first-order valence-corrected chi connectivity index (χ1v) is 7.78. The van der Waals surface area contributed by atoms with E-state index in [1.165, 1.54) is 0 Å². The molecular weight excluding hydrogens is 294 g/mol. The maximum Gasteiger partial charge on any atom is 0.251 e. The fraction of sp³-hybridized carbons (Fsp3) is 0.471. The Balaban J connectivity index is 2.42. The molecule has 0 aliphatic heterocycles. The summed E-state index contributed by atoms with van der Waals surface area (Å²) in [7, 11) is 0. The van der Waals surface area contributed by atoms with Crippen LogP contribution in [0.2, 0.25) is 0 Å². The van der Waals surface area contributed by atoms with E-state index in [0.29, 0.717) is 24.3 Å². The minimum atomic E-state index is -0.217. The number of anilines is 1. The summed E-state index contributed by atoms with van der Waals surface area (Å²) >= 11 is 0. The maximum absolute atomic E-state index is 12.0. The van der Waals surface area contributed by atoms with Crippen LogP contribution in [0.4, 0.5) is 5.69 Å². The zero-order valence-electron chi connectivity index (χ0n) is 14.1. The van der Waals surface area contributed by atoms with Crippen molar-refractivity contribution < 1.29 is 14.4 Å². The molecule has 1 rings (SSSR count). The second kappa shape index (κ2) is 8.92. The smallest absolute Gasteiger partial charge is 0.251 e. The average Bonchev–Trinajstić information content (AvgIpc) is 2.51. The van der Waals surface area contributed by atoms with Crippen molar-refractivity contribution in [2.45, 2.75) is 27.7 Å². The maximum atomic E-state index is 12.0. The fourth-order valence-electron chi connectivity index (χ4n) is 1.66. The second-order valence-corrected chi connectivity index (χ2v) is 5.92. The van der Waals surface area contributed by atoms with Crippen LogP contribution in [0.5, 0.6) is 0 Å². The highest BCUT2D eigenvalue weighted by Gasteiger charge is 2.09. The van der Waals surface area contributed by atoms with E-state index in [1.54, 1.807) is 24.3 Å². The van der Waals surface area contributed by atoms with Gasteiger partial charge in [0.2, 0.25) is 11.8 Å². The average molecular weight is 319 g/mol. The van der Waals surface area contributed by atoms with Crippen LogP contribution in [-0.2, 0) is 9.59 Å². The molecule has 3 amide bonds. The van der Waals surface area contributed by atoms with Gasteiger partial charge in [-0.1, -0.05) is 27.7 Å². The van der Waals surface area contributed by atoms with Crippen LogP contribution in [0, 0.1) is 11.8 Å². The molecule has 0 heterocycles. The highest BCUT2D eigenvalue weighted by Crippen LogP contribution is 2.10. The molecule has 0 bridgehead atoms. The van der Waals surface area contributed by atoms with Crippen molar-refractivity contribution in [1.82, 2.24) is 10.6 Å². The van der Waals surface area contributed by atoms with Gasteiger partial charge >= 0.3 is 0 Å². The predicted octanol–water partition coefficient (Wildman–Crippen LogP) is 1.78. The number of hydrogen-bond acceptors (Lipinski definition) is 3. The number of carbonyl (C=O) groups is 3. The molecule has 1 aromatic carbocycles. The molecule has 0 aliphatic rings. The summed E-state index contributed by atoms with van der Waals surface area (Å²) < 4.78 is 0. The van der Waals surface area contributed by atoms with Crippen LogP contribution >= 0.6 is 0 Å². The van der Waals surface area contributed by atoms with Gasteiger partial charge in [0.25, 0.3) is 5.91 Å². The van der Waals surface area contributed by atoms with Gasteiger partial charge in [-0.25, -0.2) is 0 Å². The van der Waals surface area contributed by atoms with Crippen LogP contribution in [0.25, 0.3) is 0 Å². The van der Waals surface area contributed by atoms with E-state index in [9.17, 15) is 14.4 Å². The highest BCUT2D eigenvalue weighted by atomic mass is 16.2. The molecule has 3 N–H and O–H groups in total. The lowest BCUT2D eigenvalue weighted by molar-refractivity contribution is -0.124. The van der Waals surface area contributed by atoms with Crippen molar-refractivity contribution in [2.24, 2.45) is 11.8 Å². The molecule has 6 nitrogen and oxygen atoms in total. The van der Waals surface area contributed by atoms with Gasteiger partial charge in [-0.15, -0.1) is 0 Å². The van der Waals surface area contributed by atoms with Crippen molar-refractivity contribution in [1.29, 1.82) is 0 Å². The van der Waals surface area contributed by atoms with E-state index in [0.717, 1.165) is 0 Å². The number of rotatable bonds is 7. The van der Waals surface area contributed by atoms with Gasteiger partial charge in [-0.2, -0.15) is 0 Å². The monoisotopic (exact) mass is 319 g/mol. The van der Waals surface area contributed by atoms with E-state index in [4.69, 9.17) is 0 Å². The first-order chi connectivity index (χ1) is 10.8. The van der Waals surface area contributed by atoms with Crippen molar-refractivity contribution in [3.8, 4) is 0 Å². The van der Waals surface area contributed by atoms with Crippen molar-refractivity contribution in [2.75, 3.05) is 18.4 Å². The van der Waals surface area contributed by atoms with Gasteiger partial charge in [0, 0.05) is 36.2 Å². The first-order valence-electron chi connectivity index (χ1n) is 7.78. The highest BCUT2D eigenvalue weighted by molar-refractivity contribution is 5.96. The molecule has 0 aliphatic carbocycles. The standard InChI is InChI=1S/C17H25N3O3/c1-11(2)15(21)18-9-10-19-17(23)13-5-7-14(8-6-13)20-16(22)12(3)4/h5-8,11-12H,9-10H2,1-4H3,(H,18,21)(H,19,23)(H,20,22). The molecule has 0 unspecified atom stereocenters. The van der Waals surface area contributed by atoms with Crippen molar-refractivity contribution in [3.63, 3.8) is 0 Å². The molecular formula is C17H25N3O3. The SMILES string of the molecule is CC(C)C(=O)NCCNC(=O)c1ccc(NC(=O)C(C)C)cc1. The van der Waals surface area contributed by atoms with Crippen LogP contribution in [0.1, 0.15) is 38.1 Å². The number of amides is 3. The topological polar surface area (TPSA) is 87.3 Å². The van der Waals surface area contributed by atoms with E-state index in [-0.39, 0.29) is 29.6 Å². The summed E-state index contributed by atoms with van der Waals surface area (Å²) in [6.07, 6.45) is 0. The molecule has 0 saturated heterocycles. The minimum absolute atomic E-state index is 0.0375. The molecule has 0 aromatic heterocycles. The number of nitrogens with one attached hydrogen (secondary N) is 3. The summed E-state index contributed by atoms with van der Waals surface area (Å²) in [4.78, 5) is 34.9. The van der Waals surface area contributed by atoms with Crippen LogP contribution in [0.3, 0.4) is 0 Å². The Morgan fingerprint density at radius 1 is 0.826 bits per heavy atom. The summed E-state index contributed by atoms with van der Waals surface area (Å²) in [6, 6.07) is 6.68. The summed E-state index contributed by atoms with van der Waals surface area (Å²) in [5.41, 5.74) is 1.16. The molecule has 1 aromatic rings. The van der Waals surface area contributed by atoms with Gasteiger partial charge in [0.05, 0.1) is 0 Å². The first kappa shape index (κ1) is 18.7. The van der Waals surface area contributed by atoms with E-state index < -0.39 is 0 Å². The largest absolute Gasteiger partial charge is 0.354 e. The molecule has 23 heavy (non-hydrogen) atoms. The molecule has 0 spiro atoms. The third kappa shape index (κ3) is 6.50. The summed E-state index contributed by atoms with van der Waals surface area (Å²) in [5, 5.41) is 8.22. The third-order valence-electron chi connectivity index (χ3n) is 3.17. The van der Waals surface area contributed by atoms with Gasteiger partial charge in [0.15, 0.2) is 0 Å². The quantitative estimate of drug-likeness (QED) is 0.670. The second-order valence-electron chi connectivity index (χ2n) is 5.92. The third-order valence-corrected chi connectivity index (χ3v) is 3.17. The van der Waals surface area contributed by atoms with E-state index >= 15 is 0 Å². The van der Waals surface area contributed by atoms with Crippen molar-refractivity contribution in [3.05, 3.63) is 29.8 Å². The molecule has 0 fully saturated rings. The molecule has 0 saturated carbocycles. The molecule has 0 atom stereocenters. The van der Waals surface area contributed by atoms with Crippen molar-refractivity contribution >= 4 is 23.4 Å². The van der Waals surface area contributed by atoms with Gasteiger partial charge in [-0.05, 0) is 24.3 Å². The van der Waals surface area contributed by atoms with E-state index in [1.807, 2.05) is 27.7 Å². The van der Waals surface area contributed by atoms with Gasteiger partial charge in [-0.3, -0.25) is 14.4 Å². The lowest BCUT2D eigenvalue weighted by Gasteiger charge is -2.10. The number of carbonyl (C=O) groups excluding carboxylic acids is 3. The summed E-state index contributed by atoms with van der Waals surface area (Å²) in [5.74, 6) is -0.489. The van der Waals surface area contributed by atoms with Crippen LogP contribution < -0.4 is 16.0 Å².